The number of aromatic carboxylic acids is 1. The van der Waals surface area contributed by atoms with Crippen LogP contribution < -0.4 is 5.32 Å². The second kappa shape index (κ2) is 6.20. The Morgan fingerprint density at radius 2 is 2.17 bits per heavy atom. The number of nitrogens with zero attached hydrogens (tertiary/aromatic N) is 1. The number of carbonyl (C=O) groups is 2. The first-order valence-electron chi connectivity index (χ1n) is 5.73. The molecule has 0 saturated heterocycles. The normalized spacial score (nSPS) is 10.4. The van der Waals surface area contributed by atoms with Crippen LogP contribution in [0.3, 0.4) is 0 Å². The van der Waals surface area contributed by atoms with Gasteiger partial charge in [0, 0.05) is 13.6 Å². The van der Waals surface area contributed by atoms with E-state index in [-0.39, 0.29) is 18.0 Å². The summed E-state index contributed by atoms with van der Waals surface area (Å²) in [6, 6.07) is 1.47. The van der Waals surface area contributed by atoms with Gasteiger partial charge < -0.3 is 19.7 Å². The van der Waals surface area contributed by atoms with Gasteiger partial charge in [-0.1, -0.05) is 0 Å². The number of carbonyl (C=O) groups excluding carboxylic acids is 1. The van der Waals surface area contributed by atoms with Gasteiger partial charge in [-0.15, -0.1) is 0 Å². The van der Waals surface area contributed by atoms with E-state index in [1.165, 1.54) is 6.07 Å². The van der Waals surface area contributed by atoms with Crippen LogP contribution in [-0.2, 0) is 11.3 Å². The van der Waals surface area contributed by atoms with E-state index in [1.807, 2.05) is 6.92 Å². The Bertz CT molecular complexity index is 439. The maximum Gasteiger partial charge on any atom is 0.339 e. The molecule has 1 aromatic heterocycles. The monoisotopic (exact) mass is 254 g/mol. The van der Waals surface area contributed by atoms with Crippen LogP contribution in [-0.4, -0.2) is 42.0 Å². The molecule has 100 valence electrons. The van der Waals surface area contributed by atoms with Crippen LogP contribution in [0.1, 0.15) is 28.8 Å². The highest BCUT2D eigenvalue weighted by atomic mass is 16.4. The number of rotatable bonds is 6. The van der Waals surface area contributed by atoms with Crippen molar-refractivity contribution in [3.05, 3.63) is 23.2 Å². The number of furan rings is 1. The number of hydrogen-bond donors (Lipinski definition) is 2. The average Bonchev–Trinajstić information content (AvgIpc) is 2.69. The van der Waals surface area contributed by atoms with Gasteiger partial charge >= 0.3 is 5.97 Å². The molecule has 1 rings (SSSR count). The highest BCUT2D eigenvalue weighted by Crippen LogP contribution is 2.14. The molecule has 0 fully saturated rings. The van der Waals surface area contributed by atoms with Gasteiger partial charge in [-0.3, -0.25) is 4.79 Å². The number of nitrogens with one attached hydrogen (secondary N) is 1. The largest absolute Gasteiger partial charge is 0.478 e. The first-order valence-corrected chi connectivity index (χ1v) is 5.73. The molecule has 0 unspecified atom stereocenters. The predicted molar refractivity (Wildman–Crippen MR) is 65.4 cm³/mol. The minimum absolute atomic E-state index is 0.0146. The van der Waals surface area contributed by atoms with Crippen molar-refractivity contribution < 1.29 is 19.1 Å². The first kappa shape index (κ1) is 14.2. The number of amides is 1. The fourth-order valence-corrected chi connectivity index (χ4v) is 1.45. The van der Waals surface area contributed by atoms with Gasteiger partial charge in [0.15, 0.2) is 0 Å². The molecule has 18 heavy (non-hydrogen) atoms. The summed E-state index contributed by atoms with van der Waals surface area (Å²) in [7, 11) is 1.73. The van der Waals surface area contributed by atoms with E-state index in [4.69, 9.17) is 9.52 Å². The minimum atomic E-state index is -1.01. The lowest BCUT2D eigenvalue weighted by atomic mass is 10.2. The fourth-order valence-electron chi connectivity index (χ4n) is 1.45. The molecular weight excluding hydrogens is 236 g/mol. The summed E-state index contributed by atoms with van der Waals surface area (Å²) in [5.74, 6) is -0.142. The topological polar surface area (TPSA) is 82.8 Å². The van der Waals surface area contributed by atoms with Crippen molar-refractivity contribution in [2.45, 2.75) is 20.4 Å². The molecule has 1 amide bonds. The third kappa shape index (κ3) is 3.59. The lowest BCUT2D eigenvalue weighted by Crippen LogP contribution is -2.35. The maximum atomic E-state index is 11.5. The number of aryl methyl sites for hydroxylation is 1. The van der Waals surface area contributed by atoms with Gasteiger partial charge in [-0.25, -0.2) is 4.79 Å². The Kier molecular flexibility index (Phi) is 4.91. The summed E-state index contributed by atoms with van der Waals surface area (Å²) in [6.07, 6.45) is 0. The van der Waals surface area contributed by atoms with Crippen LogP contribution in [0.25, 0.3) is 0 Å². The lowest BCUT2D eigenvalue weighted by Gasteiger charge is -2.14. The Morgan fingerprint density at radius 1 is 1.50 bits per heavy atom. The van der Waals surface area contributed by atoms with Crippen LogP contribution in [0.2, 0.25) is 0 Å². The average molecular weight is 254 g/mol. The second-order valence-electron chi connectivity index (χ2n) is 4.00. The summed E-state index contributed by atoms with van der Waals surface area (Å²) in [5, 5.41) is 11.8. The van der Waals surface area contributed by atoms with Gasteiger partial charge in [-0.2, -0.15) is 0 Å². The summed E-state index contributed by atoms with van der Waals surface area (Å²) >= 11 is 0. The maximum absolute atomic E-state index is 11.5. The minimum Gasteiger partial charge on any atom is -0.478 e. The van der Waals surface area contributed by atoms with Crippen LogP contribution in [0.5, 0.6) is 0 Å². The van der Waals surface area contributed by atoms with Gasteiger partial charge in [0.05, 0.1) is 13.1 Å². The zero-order valence-electron chi connectivity index (χ0n) is 10.8. The molecule has 0 aromatic carbocycles. The molecule has 2 N–H and O–H groups in total. The summed E-state index contributed by atoms with van der Waals surface area (Å²) in [5.41, 5.74) is 0.156. The zero-order valence-corrected chi connectivity index (χ0v) is 10.8. The first-order chi connectivity index (χ1) is 8.45. The zero-order chi connectivity index (χ0) is 13.7. The van der Waals surface area contributed by atoms with E-state index in [0.29, 0.717) is 24.6 Å². The summed E-state index contributed by atoms with van der Waals surface area (Å²) in [4.78, 5) is 23.9. The Balaban J connectivity index is 2.47. The molecule has 1 aromatic rings. The van der Waals surface area contributed by atoms with Gasteiger partial charge in [0.25, 0.3) is 0 Å². The molecule has 0 spiro atoms. The Morgan fingerprint density at radius 3 is 2.67 bits per heavy atom. The molecule has 6 nitrogen and oxygen atoms in total. The number of carboxylic acids is 1. The van der Waals surface area contributed by atoms with Crippen LogP contribution in [0.4, 0.5) is 0 Å². The number of hydrogen-bond acceptors (Lipinski definition) is 4. The van der Waals surface area contributed by atoms with E-state index in [9.17, 15) is 9.59 Å². The lowest BCUT2D eigenvalue weighted by molar-refractivity contribution is -0.128. The molecule has 6 heteroatoms. The quantitative estimate of drug-likeness (QED) is 0.786. The van der Waals surface area contributed by atoms with E-state index in [2.05, 4.69) is 5.32 Å². The van der Waals surface area contributed by atoms with Crippen LogP contribution in [0, 0.1) is 6.92 Å². The molecule has 0 aliphatic heterocycles. The number of likely N-dealkylation sites (N-methyl/N-ethyl adjacent to an activating group) is 1. The molecule has 0 aliphatic rings. The van der Waals surface area contributed by atoms with Gasteiger partial charge in [0.2, 0.25) is 5.91 Å². The number of carboxylic acid groups (broad SMARTS) is 1. The van der Waals surface area contributed by atoms with Crippen molar-refractivity contribution in [3.63, 3.8) is 0 Å². The van der Waals surface area contributed by atoms with Gasteiger partial charge in [0.1, 0.15) is 17.1 Å². The van der Waals surface area contributed by atoms with E-state index in [1.54, 1.807) is 18.9 Å². The second-order valence-corrected chi connectivity index (χ2v) is 4.00. The van der Waals surface area contributed by atoms with E-state index >= 15 is 0 Å². The van der Waals surface area contributed by atoms with E-state index < -0.39 is 5.97 Å². The Labute approximate surface area is 106 Å². The summed E-state index contributed by atoms with van der Waals surface area (Å²) < 4.78 is 5.28. The van der Waals surface area contributed by atoms with Crippen LogP contribution in [0.15, 0.2) is 10.5 Å². The molecule has 0 bridgehead atoms. The molecule has 0 radical (unpaired) electrons. The predicted octanol–water partition coefficient (Wildman–Crippen LogP) is 0.854. The molecule has 0 aliphatic carbocycles. The van der Waals surface area contributed by atoms with Crippen molar-refractivity contribution >= 4 is 11.9 Å². The van der Waals surface area contributed by atoms with Crippen molar-refractivity contribution in [1.82, 2.24) is 10.2 Å². The van der Waals surface area contributed by atoms with Crippen molar-refractivity contribution in [3.8, 4) is 0 Å². The third-order valence-corrected chi connectivity index (χ3v) is 2.67. The summed E-state index contributed by atoms with van der Waals surface area (Å²) in [6.45, 7) is 4.68. The highest BCUT2D eigenvalue weighted by Gasteiger charge is 2.13. The van der Waals surface area contributed by atoms with Crippen molar-refractivity contribution in [2.24, 2.45) is 0 Å². The molecule has 0 saturated carbocycles. The van der Waals surface area contributed by atoms with E-state index in [0.717, 1.165) is 0 Å². The molecule has 1 heterocycles. The smallest absolute Gasteiger partial charge is 0.339 e. The van der Waals surface area contributed by atoms with Gasteiger partial charge in [-0.05, 0) is 19.9 Å². The Hall–Kier alpha value is -1.82. The van der Waals surface area contributed by atoms with Crippen molar-refractivity contribution in [2.75, 3.05) is 20.1 Å². The van der Waals surface area contributed by atoms with Crippen molar-refractivity contribution in [1.29, 1.82) is 0 Å². The van der Waals surface area contributed by atoms with Crippen LogP contribution >= 0.6 is 0 Å². The molecular formula is C12H18N2O4. The third-order valence-electron chi connectivity index (χ3n) is 2.67. The fraction of sp³-hybridized carbons (Fsp3) is 0.500. The SMILES string of the molecule is CCN(C)C(=O)CNCc1cc(C(=O)O)c(C)o1. The molecule has 0 atom stereocenters. The highest BCUT2D eigenvalue weighted by molar-refractivity contribution is 5.88. The standard InChI is InChI=1S/C12H18N2O4/c1-4-14(3)11(15)7-13-6-9-5-10(12(16)17)8(2)18-9/h5,13H,4,6-7H2,1-3H3,(H,16,17).